The molecule has 0 radical (unpaired) electrons. The average molecular weight is 189 g/mol. The first-order valence-electron chi connectivity index (χ1n) is 4.38. The van der Waals surface area contributed by atoms with Gasteiger partial charge in [0.25, 0.3) is 5.56 Å². The molecule has 2 rings (SSSR count). The summed E-state index contributed by atoms with van der Waals surface area (Å²) in [6.07, 6.45) is 1.71. The molecule has 0 atom stereocenters. The van der Waals surface area contributed by atoms with Gasteiger partial charge in [-0.1, -0.05) is 0 Å². The standard InChI is InChI=1S/C11H11NO2/c1-7-6-12-11(13)9-4-3-8(14-2)5-10(7)9/h3-6H,1-2H3,(H,12,13). The summed E-state index contributed by atoms with van der Waals surface area (Å²) in [4.78, 5) is 14.1. The topological polar surface area (TPSA) is 42.1 Å². The molecule has 0 aliphatic heterocycles. The molecule has 1 aromatic carbocycles. The zero-order chi connectivity index (χ0) is 10.1. The Balaban J connectivity index is 2.87. The number of methoxy groups -OCH3 is 1. The smallest absolute Gasteiger partial charge is 0.255 e. The van der Waals surface area contributed by atoms with Gasteiger partial charge in [0.15, 0.2) is 0 Å². The maximum absolute atomic E-state index is 11.4. The Morgan fingerprint density at radius 1 is 1.29 bits per heavy atom. The number of nitrogens with one attached hydrogen (secondary N) is 1. The second kappa shape index (κ2) is 3.18. The van der Waals surface area contributed by atoms with E-state index in [4.69, 9.17) is 4.74 Å². The summed E-state index contributed by atoms with van der Waals surface area (Å²) in [5, 5.41) is 1.64. The van der Waals surface area contributed by atoms with E-state index in [0.717, 1.165) is 16.7 Å². The van der Waals surface area contributed by atoms with Gasteiger partial charge in [-0.05, 0) is 36.1 Å². The molecule has 72 valence electrons. The van der Waals surface area contributed by atoms with E-state index in [2.05, 4.69) is 4.98 Å². The van der Waals surface area contributed by atoms with Gasteiger partial charge >= 0.3 is 0 Å². The van der Waals surface area contributed by atoms with Crippen LogP contribution in [0.15, 0.2) is 29.2 Å². The molecule has 3 heteroatoms. The molecular weight excluding hydrogens is 178 g/mol. The third-order valence-electron chi connectivity index (χ3n) is 2.32. The molecule has 0 saturated heterocycles. The number of benzene rings is 1. The Morgan fingerprint density at radius 3 is 2.79 bits per heavy atom. The quantitative estimate of drug-likeness (QED) is 0.743. The number of pyridine rings is 1. The van der Waals surface area contributed by atoms with Crippen molar-refractivity contribution in [3.05, 3.63) is 40.3 Å². The fraction of sp³-hybridized carbons (Fsp3) is 0.182. The maximum atomic E-state index is 11.4. The lowest BCUT2D eigenvalue weighted by atomic mass is 10.1. The number of ether oxygens (including phenoxy) is 1. The Labute approximate surface area is 81.3 Å². The molecule has 1 aromatic heterocycles. The van der Waals surface area contributed by atoms with Gasteiger partial charge in [-0.15, -0.1) is 0 Å². The van der Waals surface area contributed by atoms with E-state index in [0.29, 0.717) is 5.39 Å². The first-order chi connectivity index (χ1) is 6.72. The Kier molecular flexibility index (Phi) is 2.00. The number of aryl methyl sites for hydroxylation is 1. The van der Waals surface area contributed by atoms with E-state index in [1.807, 2.05) is 13.0 Å². The normalized spacial score (nSPS) is 10.4. The van der Waals surface area contributed by atoms with Gasteiger partial charge in [0, 0.05) is 11.6 Å². The number of H-pyrrole nitrogens is 1. The zero-order valence-electron chi connectivity index (χ0n) is 8.13. The van der Waals surface area contributed by atoms with E-state index in [1.165, 1.54) is 0 Å². The average Bonchev–Trinajstić information content (AvgIpc) is 2.23. The number of hydrogen-bond donors (Lipinski definition) is 1. The highest BCUT2D eigenvalue weighted by Crippen LogP contribution is 2.20. The van der Waals surface area contributed by atoms with Crippen LogP contribution in [0.25, 0.3) is 10.8 Å². The number of hydrogen-bond acceptors (Lipinski definition) is 2. The van der Waals surface area contributed by atoms with Gasteiger partial charge in [-0.3, -0.25) is 4.79 Å². The van der Waals surface area contributed by atoms with E-state index >= 15 is 0 Å². The molecule has 0 fully saturated rings. The van der Waals surface area contributed by atoms with Crippen LogP contribution in [0.2, 0.25) is 0 Å². The van der Waals surface area contributed by atoms with Gasteiger partial charge in [-0.2, -0.15) is 0 Å². The lowest BCUT2D eigenvalue weighted by molar-refractivity contribution is 0.415. The van der Waals surface area contributed by atoms with Crippen molar-refractivity contribution in [1.82, 2.24) is 4.98 Å². The lowest BCUT2D eigenvalue weighted by Gasteiger charge is -2.03. The van der Waals surface area contributed by atoms with Crippen LogP contribution in [0.1, 0.15) is 5.56 Å². The summed E-state index contributed by atoms with van der Waals surface area (Å²) >= 11 is 0. The zero-order valence-corrected chi connectivity index (χ0v) is 8.13. The molecule has 1 heterocycles. The fourth-order valence-corrected chi connectivity index (χ4v) is 1.50. The third-order valence-corrected chi connectivity index (χ3v) is 2.32. The minimum Gasteiger partial charge on any atom is -0.497 e. The van der Waals surface area contributed by atoms with E-state index in [-0.39, 0.29) is 5.56 Å². The van der Waals surface area contributed by atoms with Crippen LogP contribution in [-0.2, 0) is 0 Å². The molecule has 1 N–H and O–H groups in total. The largest absolute Gasteiger partial charge is 0.497 e. The van der Waals surface area contributed by atoms with E-state index < -0.39 is 0 Å². The Bertz CT molecular complexity index is 528. The second-order valence-corrected chi connectivity index (χ2v) is 3.21. The summed E-state index contributed by atoms with van der Waals surface area (Å²) in [5.41, 5.74) is 0.978. The van der Waals surface area contributed by atoms with Crippen LogP contribution in [-0.4, -0.2) is 12.1 Å². The highest BCUT2D eigenvalue weighted by atomic mass is 16.5. The second-order valence-electron chi connectivity index (χ2n) is 3.21. The summed E-state index contributed by atoms with van der Waals surface area (Å²) in [7, 11) is 1.61. The van der Waals surface area contributed by atoms with Crippen LogP contribution in [0, 0.1) is 6.92 Å². The van der Waals surface area contributed by atoms with Crippen molar-refractivity contribution in [2.45, 2.75) is 6.92 Å². The van der Waals surface area contributed by atoms with Crippen LogP contribution in [0.4, 0.5) is 0 Å². The van der Waals surface area contributed by atoms with Gasteiger partial charge in [0.2, 0.25) is 0 Å². The molecule has 3 nitrogen and oxygen atoms in total. The minimum absolute atomic E-state index is 0.0618. The molecule has 0 amide bonds. The molecule has 14 heavy (non-hydrogen) atoms. The first kappa shape index (κ1) is 8.81. The van der Waals surface area contributed by atoms with Crippen LogP contribution in [0.3, 0.4) is 0 Å². The molecule has 0 saturated carbocycles. The predicted molar refractivity (Wildman–Crippen MR) is 55.9 cm³/mol. The summed E-state index contributed by atoms with van der Waals surface area (Å²) in [5.74, 6) is 0.770. The SMILES string of the molecule is COc1ccc2c(=O)[nH]cc(C)c2c1. The molecular formula is C11H11NO2. The molecule has 0 spiro atoms. The van der Waals surface area contributed by atoms with E-state index in [9.17, 15) is 4.79 Å². The maximum Gasteiger partial charge on any atom is 0.255 e. The van der Waals surface area contributed by atoms with Crippen LogP contribution in [0.5, 0.6) is 5.75 Å². The van der Waals surface area contributed by atoms with Crippen LogP contribution >= 0.6 is 0 Å². The van der Waals surface area contributed by atoms with E-state index in [1.54, 1.807) is 25.4 Å². The molecule has 0 unspecified atom stereocenters. The highest BCUT2D eigenvalue weighted by molar-refractivity contribution is 5.85. The molecule has 2 aromatic rings. The van der Waals surface area contributed by atoms with Crippen molar-refractivity contribution in [3.8, 4) is 5.75 Å². The predicted octanol–water partition coefficient (Wildman–Crippen LogP) is 1.85. The van der Waals surface area contributed by atoms with Crippen molar-refractivity contribution in [1.29, 1.82) is 0 Å². The van der Waals surface area contributed by atoms with Crippen molar-refractivity contribution < 1.29 is 4.74 Å². The summed E-state index contributed by atoms with van der Waals surface area (Å²) in [6.45, 7) is 1.96. The number of fused-ring (bicyclic) bond motifs is 1. The number of aromatic amines is 1. The first-order valence-corrected chi connectivity index (χ1v) is 4.38. The van der Waals surface area contributed by atoms with Crippen molar-refractivity contribution >= 4 is 10.8 Å². The molecule has 0 aliphatic carbocycles. The monoisotopic (exact) mass is 189 g/mol. The highest BCUT2D eigenvalue weighted by Gasteiger charge is 2.02. The third kappa shape index (κ3) is 1.27. The minimum atomic E-state index is -0.0618. The summed E-state index contributed by atoms with van der Waals surface area (Å²) in [6, 6.07) is 5.44. The summed E-state index contributed by atoms with van der Waals surface area (Å²) < 4.78 is 5.10. The van der Waals surface area contributed by atoms with Gasteiger partial charge in [0.05, 0.1) is 7.11 Å². The van der Waals surface area contributed by atoms with Gasteiger partial charge < -0.3 is 9.72 Å². The van der Waals surface area contributed by atoms with Gasteiger partial charge in [0.1, 0.15) is 5.75 Å². The Morgan fingerprint density at radius 2 is 2.07 bits per heavy atom. The van der Waals surface area contributed by atoms with Gasteiger partial charge in [-0.25, -0.2) is 0 Å². The number of rotatable bonds is 1. The van der Waals surface area contributed by atoms with Crippen molar-refractivity contribution in [2.75, 3.05) is 7.11 Å². The fourth-order valence-electron chi connectivity index (χ4n) is 1.50. The molecule has 0 aliphatic rings. The molecule has 0 bridgehead atoms. The van der Waals surface area contributed by atoms with Crippen molar-refractivity contribution in [3.63, 3.8) is 0 Å². The Hall–Kier alpha value is -1.77. The lowest BCUT2D eigenvalue weighted by Crippen LogP contribution is -2.05. The van der Waals surface area contributed by atoms with Crippen LogP contribution < -0.4 is 10.3 Å². The van der Waals surface area contributed by atoms with Crippen molar-refractivity contribution in [2.24, 2.45) is 0 Å². The number of aromatic nitrogens is 1.